The normalized spacial score (nSPS) is 33.1. The molecule has 0 N–H and O–H groups in total. The molecule has 2 unspecified atom stereocenters. The molecule has 4 heteroatoms. The summed E-state index contributed by atoms with van der Waals surface area (Å²) >= 11 is 0. The van der Waals surface area contributed by atoms with E-state index in [2.05, 4.69) is 13.8 Å². The fraction of sp³-hybridized carbons (Fsp3) is 0.875. The van der Waals surface area contributed by atoms with Crippen molar-refractivity contribution >= 4 is 11.8 Å². The van der Waals surface area contributed by atoms with Crippen LogP contribution in [-0.2, 0) is 19.1 Å². The predicted octanol–water partition coefficient (Wildman–Crippen LogP) is 3.03. The SMILES string of the molecule is CCOC(=O)C1(CC2CCC(C)(C)O2)CCCCC1=O. The van der Waals surface area contributed by atoms with Crippen molar-refractivity contribution in [3.63, 3.8) is 0 Å². The van der Waals surface area contributed by atoms with Gasteiger partial charge in [-0.1, -0.05) is 6.42 Å². The van der Waals surface area contributed by atoms with Crippen LogP contribution in [0.4, 0.5) is 0 Å². The third-order valence-corrected chi connectivity index (χ3v) is 4.59. The molecule has 1 aliphatic carbocycles. The van der Waals surface area contributed by atoms with Crippen molar-refractivity contribution in [1.82, 2.24) is 0 Å². The molecule has 0 aromatic rings. The van der Waals surface area contributed by atoms with Crippen LogP contribution < -0.4 is 0 Å². The molecule has 2 fully saturated rings. The first-order valence-corrected chi connectivity index (χ1v) is 7.78. The van der Waals surface area contributed by atoms with Crippen LogP contribution in [0.3, 0.4) is 0 Å². The molecule has 1 heterocycles. The lowest BCUT2D eigenvalue weighted by Crippen LogP contribution is -2.45. The van der Waals surface area contributed by atoms with Crippen molar-refractivity contribution in [2.75, 3.05) is 6.61 Å². The van der Waals surface area contributed by atoms with E-state index in [0.717, 1.165) is 25.7 Å². The van der Waals surface area contributed by atoms with Gasteiger partial charge in [-0.15, -0.1) is 0 Å². The molecule has 1 saturated carbocycles. The molecule has 4 nitrogen and oxygen atoms in total. The molecule has 0 aromatic carbocycles. The van der Waals surface area contributed by atoms with E-state index in [9.17, 15) is 9.59 Å². The number of ketones is 1. The van der Waals surface area contributed by atoms with Crippen LogP contribution in [0.1, 0.15) is 65.7 Å². The van der Waals surface area contributed by atoms with Crippen LogP contribution in [0, 0.1) is 5.41 Å². The Morgan fingerprint density at radius 1 is 1.35 bits per heavy atom. The molecule has 0 bridgehead atoms. The number of rotatable bonds is 4. The zero-order valence-electron chi connectivity index (χ0n) is 12.9. The summed E-state index contributed by atoms with van der Waals surface area (Å²) in [5.74, 6) is -0.284. The van der Waals surface area contributed by atoms with Gasteiger partial charge in [0.1, 0.15) is 11.2 Å². The first-order chi connectivity index (χ1) is 9.39. The largest absolute Gasteiger partial charge is 0.465 e. The van der Waals surface area contributed by atoms with Crippen LogP contribution >= 0.6 is 0 Å². The molecule has 114 valence electrons. The topological polar surface area (TPSA) is 52.6 Å². The van der Waals surface area contributed by atoms with Crippen molar-refractivity contribution in [2.24, 2.45) is 5.41 Å². The minimum absolute atomic E-state index is 0.00328. The van der Waals surface area contributed by atoms with Crippen molar-refractivity contribution in [1.29, 1.82) is 0 Å². The Morgan fingerprint density at radius 3 is 2.65 bits per heavy atom. The molecular weight excluding hydrogens is 256 g/mol. The van der Waals surface area contributed by atoms with Gasteiger partial charge in [0.2, 0.25) is 0 Å². The van der Waals surface area contributed by atoms with Crippen LogP contribution in [0.25, 0.3) is 0 Å². The maximum atomic E-state index is 12.4. The molecule has 1 saturated heterocycles. The van der Waals surface area contributed by atoms with Crippen LogP contribution in [0.15, 0.2) is 0 Å². The summed E-state index contributed by atoms with van der Waals surface area (Å²) in [7, 11) is 0. The maximum absolute atomic E-state index is 12.4. The maximum Gasteiger partial charge on any atom is 0.319 e. The summed E-state index contributed by atoms with van der Waals surface area (Å²) in [6.07, 6.45) is 5.30. The van der Waals surface area contributed by atoms with Gasteiger partial charge in [0.05, 0.1) is 18.3 Å². The number of esters is 1. The number of carbonyl (C=O) groups is 2. The average molecular weight is 282 g/mol. The van der Waals surface area contributed by atoms with E-state index in [0.29, 0.717) is 25.9 Å². The van der Waals surface area contributed by atoms with Gasteiger partial charge < -0.3 is 9.47 Å². The van der Waals surface area contributed by atoms with Gasteiger partial charge in [-0.3, -0.25) is 9.59 Å². The van der Waals surface area contributed by atoms with Crippen LogP contribution in [0.2, 0.25) is 0 Å². The summed E-state index contributed by atoms with van der Waals surface area (Å²) < 4.78 is 11.2. The number of ether oxygens (including phenoxy) is 2. The van der Waals surface area contributed by atoms with E-state index >= 15 is 0 Å². The molecular formula is C16H26O4. The summed E-state index contributed by atoms with van der Waals surface area (Å²) in [4.78, 5) is 24.8. The molecule has 0 amide bonds. The highest BCUT2D eigenvalue weighted by molar-refractivity contribution is 6.04. The van der Waals surface area contributed by atoms with Crippen molar-refractivity contribution in [3.05, 3.63) is 0 Å². The van der Waals surface area contributed by atoms with Crippen molar-refractivity contribution in [3.8, 4) is 0 Å². The Labute approximate surface area is 121 Å². The minimum atomic E-state index is -0.945. The molecule has 0 aromatic heterocycles. The van der Waals surface area contributed by atoms with Crippen LogP contribution in [-0.4, -0.2) is 30.1 Å². The Bertz CT molecular complexity index is 388. The van der Waals surface area contributed by atoms with Gasteiger partial charge in [-0.2, -0.15) is 0 Å². The van der Waals surface area contributed by atoms with E-state index in [1.54, 1.807) is 6.92 Å². The predicted molar refractivity (Wildman–Crippen MR) is 75.3 cm³/mol. The fourth-order valence-electron chi connectivity index (χ4n) is 3.49. The van der Waals surface area contributed by atoms with Gasteiger partial charge >= 0.3 is 5.97 Å². The van der Waals surface area contributed by atoms with E-state index in [1.807, 2.05) is 0 Å². The number of carbonyl (C=O) groups excluding carboxylic acids is 2. The molecule has 2 atom stereocenters. The lowest BCUT2D eigenvalue weighted by Gasteiger charge is -2.35. The minimum Gasteiger partial charge on any atom is -0.465 e. The van der Waals surface area contributed by atoms with E-state index in [4.69, 9.17) is 9.47 Å². The highest BCUT2D eigenvalue weighted by atomic mass is 16.5. The second-order valence-corrected chi connectivity index (χ2v) is 6.68. The zero-order valence-corrected chi connectivity index (χ0v) is 12.9. The van der Waals surface area contributed by atoms with Crippen LogP contribution in [0.5, 0.6) is 0 Å². The Morgan fingerprint density at radius 2 is 2.10 bits per heavy atom. The average Bonchev–Trinajstić information content (AvgIpc) is 2.72. The monoisotopic (exact) mass is 282 g/mol. The van der Waals surface area contributed by atoms with E-state index in [1.165, 1.54) is 0 Å². The Balaban J connectivity index is 2.15. The fourth-order valence-corrected chi connectivity index (χ4v) is 3.49. The zero-order chi connectivity index (χ0) is 14.8. The highest BCUT2D eigenvalue weighted by Crippen LogP contribution is 2.43. The third kappa shape index (κ3) is 3.05. The van der Waals surface area contributed by atoms with Crippen molar-refractivity contribution < 1.29 is 19.1 Å². The molecule has 20 heavy (non-hydrogen) atoms. The standard InChI is InChI=1S/C16H26O4/c1-4-19-14(18)16(9-6-5-7-13(16)17)11-12-8-10-15(2,3)20-12/h12H,4-11H2,1-3H3. The molecule has 2 aliphatic rings. The van der Waals surface area contributed by atoms with Gasteiger partial charge in [-0.25, -0.2) is 0 Å². The Kier molecular flexibility index (Phi) is 4.52. The quantitative estimate of drug-likeness (QED) is 0.587. The van der Waals surface area contributed by atoms with Gasteiger partial charge in [0.25, 0.3) is 0 Å². The lowest BCUT2D eigenvalue weighted by molar-refractivity contribution is -0.166. The smallest absolute Gasteiger partial charge is 0.319 e. The summed E-state index contributed by atoms with van der Waals surface area (Å²) in [5, 5.41) is 0. The second kappa shape index (κ2) is 5.84. The summed E-state index contributed by atoms with van der Waals surface area (Å²) in [6, 6.07) is 0. The molecule has 0 radical (unpaired) electrons. The second-order valence-electron chi connectivity index (χ2n) is 6.68. The number of hydrogen-bond donors (Lipinski definition) is 0. The summed E-state index contributed by atoms with van der Waals surface area (Å²) in [6.45, 7) is 6.23. The van der Waals surface area contributed by atoms with Gasteiger partial charge in [0, 0.05) is 6.42 Å². The first kappa shape index (κ1) is 15.5. The number of hydrogen-bond acceptors (Lipinski definition) is 4. The lowest BCUT2D eigenvalue weighted by atomic mass is 9.69. The number of Topliss-reactive ketones (excluding diaryl/α,β-unsaturated/α-hetero) is 1. The molecule has 1 aliphatic heterocycles. The summed E-state index contributed by atoms with van der Waals surface area (Å²) in [5.41, 5.74) is -1.09. The van der Waals surface area contributed by atoms with E-state index < -0.39 is 5.41 Å². The first-order valence-electron chi connectivity index (χ1n) is 7.78. The van der Waals surface area contributed by atoms with E-state index in [-0.39, 0.29) is 23.5 Å². The third-order valence-electron chi connectivity index (χ3n) is 4.59. The molecule has 0 spiro atoms. The van der Waals surface area contributed by atoms with Gasteiger partial charge in [-0.05, 0) is 52.9 Å². The van der Waals surface area contributed by atoms with Gasteiger partial charge in [0.15, 0.2) is 0 Å². The highest BCUT2D eigenvalue weighted by Gasteiger charge is 2.50. The van der Waals surface area contributed by atoms with Crippen molar-refractivity contribution in [2.45, 2.75) is 77.4 Å². The Hall–Kier alpha value is -0.900. The molecule has 2 rings (SSSR count).